The fraction of sp³-hybridized carbons (Fsp3) is 0.562. The third-order valence-electron chi connectivity index (χ3n) is 2.99. The highest BCUT2D eigenvalue weighted by Crippen LogP contribution is 2.10. The van der Waals surface area contributed by atoms with E-state index in [1.54, 1.807) is 19.2 Å². The van der Waals surface area contributed by atoms with E-state index in [1.807, 2.05) is 11.8 Å². The van der Waals surface area contributed by atoms with E-state index in [-0.39, 0.29) is 5.82 Å². The molecule has 0 amide bonds. The molecule has 0 aliphatic heterocycles. The number of aliphatic imine (C=N–C) groups is 1. The summed E-state index contributed by atoms with van der Waals surface area (Å²) in [5.74, 6) is 2.47. The van der Waals surface area contributed by atoms with Crippen molar-refractivity contribution in [3.63, 3.8) is 0 Å². The highest BCUT2D eigenvalue weighted by molar-refractivity contribution is 7.98. The lowest BCUT2D eigenvalue weighted by Crippen LogP contribution is -2.38. The standard InChI is InChI=1S/C16H26FN3OS/c1-18-16(19-10-3-4-13-22-2)20-11-5-12-21-15-8-6-14(17)7-9-15/h6-9H,3-5,10-13H2,1-2H3,(H2,18,19,20). The van der Waals surface area contributed by atoms with Gasteiger partial charge in [-0.1, -0.05) is 0 Å². The normalized spacial score (nSPS) is 11.3. The van der Waals surface area contributed by atoms with E-state index in [9.17, 15) is 4.39 Å². The number of thioether (sulfide) groups is 1. The molecule has 124 valence electrons. The number of unbranched alkanes of at least 4 members (excludes halogenated alkanes) is 1. The molecule has 0 unspecified atom stereocenters. The van der Waals surface area contributed by atoms with E-state index in [2.05, 4.69) is 21.9 Å². The van der Waals surface area contributed by atoms with E-state index < -0.39 is 0 Å². The van der Waals surface area contributed by atoms with Crippen molar-refractivity contribution in [3.05, 3.63) is 30.1 Å². The summed E-state index contributed by atoms with van der Waals surface area (Å²) in [5, 5.41) is 6.54. The van der Waals surface area contributed by atoms with E-state index in [4.69, 9.17) is 4.74 Å². The van der Waals surface area contributed by atoms with Crippen molar-refractivity contribution in [2.75, 3.05) is 38.8 Å². The number of hydrogen-bond acceptors (Lipinski definition) is 3. The fourth-order valence-corrected chi connectivity index (χ4v) is 2.29. The Bertz CT molecular complexity index is 426. The van der Waals surface area contributed by atoms with Crippen LogP contribution in [0.15, 0.2) is 29.3 Å². The van der Waals surface area contributed by atoms with Gasteiger partial charge in [-0.2, -0.15) is 11.8 Å². The minimum Gasteiger partial charge on any atom is -0.494 e. The second-order valence-corrected chi connectivity index (χ2v) is 5.77. The van der Waals surface area contributed by atoms with Gasteiger partial charge in [0.05, 0.1) is 6.61 Å². The van der Waals surface area contributed by atoms with E-state index >= 15 is 0 Å². The molecule has 2 N–H and O–H groups in total. The van der Waals surface area contributed by atoms with Crippen LogP contribution in [0.1, 0.15) is 19.3 Å². The predicted octanol–water partition coefficient (Wildman–Crippen LogP) is 2.90. The number of nitrogens with zero attached hydrogens (tertiary/aromatic N) is 1. The number of halogens is 1. The first-order chi connectivity index (χ1) is 10.8. The fourth-order valence-electron chi connectivity index (χ4n) is 1.80. The van der Waals surface area contributed by atoms with Crippen molar-refractivity contribution in [1.29, 1.82) is 0 Å². The first-order valence-electron chi connectivity index (χ1n) is 7.58. The van der Waals surface area contributed by atoms with Crippen LogP contribution in [0.5, 0.6) is 5.75 Å². The van der Waals surface area contributed by atoms with Gasteiger partial charge >= 0.3 is 0 Å². The van der Waals surface area contributed by atoms with Crippen LogP contribution in [0, 0.1) is 5.82 Å². The molecule has 1 aromatic rings. The highest BCUT2D eigenvalue weighted by Gasteiger charge is 1.98. The minimum absolute atomic E-state index is 0.249. The number of benzene rings is 1. The molecule has 0 aromatic heterocycles. The van der Waals surface area contributed by atoms with Crippen LogP contribution in [-0.4, -0.2) is 44.7 Å². The summed E-state index contributed by atoms with van der Waals surface area (Å²) in [6.45, 7) is 2.31. The van der Waals surface area contributed by atoms with Gasteiger partial charge in [-0.05, 0) is 55.5 Å². The van der Waals surface area contributed by atoms with Crippen molar-refractivity contribution in [1.82, 2.24) is 10.6 Å². The van der Waals surface area contributed by atoms with Gasteiger partial charge in [0.1, 0.15) is 11.6 Å². The molecule has 0 saturated carbocycles. The Morgan fingerprint density at radius 1 is 1.14 bits per heavy atom. The summed E-state index contributed by atoms with van der Waals surface area (Å²) in [6.07, 6.45) is 5.35. The maximum Gasteiger partial charge on any atom is 0.190 e. The topological polar surface area (TPSA) is 45.7 Å². The van der Waals surface area contributed by atoms with Gasteiger partial charge in [0, 0.05) is 20.1 Å². The Morgan fingerprint density at radius 2 is 1.82 bits per heavy atom. The van der Waals surface area contributed by atoms with Gasteiger partial charge in [0.2, 0.25) is 0 Å². The van der Waals surface area contributed by atoms with Gasteiger partial charge in [0.15, 0.2) is 5.96 Å². The molecule has 22 heavy (non-hydrogen) atoms. The second-order valence-electron chi connectivity index (χ2n) is 4.78. The zero-order valence-electron chi connectivity index (χ0n) is 13.4. The molecule has 0 spiro atoms. The summed E-state index contributed by atoms with van der Waals surface area (Å²) in [6, 6.07) is 6.07. The third kappa shape index (κ3) is 8.77. The van der Waals surface area contributed by atoms with Crippen molar-refractivity contribution in [2.24, 2.45) is 4.99 Å². The monoisotopic (exact) mass is 327 g/mol. The van der Waals surface area contributed by atoms with Crippen molar-refractivity contribution < 1.29 is 9.13 Å². The lowest BCUT2D eigenvalue weighted by atomic mass is 10.3. The average Bonchev–Trinajstić information content (AvgIpc) is 2.54. The number of ether oxygens (including phenoxy) is 1. The van der Waals surface area contributed by atoms with Crippen LogP contribution in [0.25, 0.3) is 0 Å². The first-order valence-corrected chi connectivity index (χ1v) is 8.97. The first kappa shape index (κ1) is 18.6. The van der Waals surface area contributed by atoms with Gasteiger partial charge in [-0.25, -0.2) is 4.39 Å². The maximum absolute atomic E-state index is 12.7. The van der Waals surface area contributed by atoms with E-state index in [0.717, 1.165) is 31.9 Å². The largest absolute Gasteiger partial charge is 0.494 e. The molecule has 6 heteroatoms. The molecule has 0 atom stereocenters. The predicted molar refractivity (Wildman–Crippen MR) is 93.5 cm³/mol. The molecule has 0 bridgehead atoms. The average molecular weight is 327 g/mol. The molecule has 0 saturated heterocycles. The molecule has 1 rings (SSSR count). The van der Waals surface area contributed by atoms with Crippen LogP contribution < -0.4 is 15.4 Å². The van der Waals surface area contributed by atoms with Crippen LogP contribution in [0.3, 0.4) is 0 Å². The summed E-state index contributed by atoms with van der Waals surface area (Å²) in [5.41, 5.74) is 0. The summed E-state index contributed by atoms with van der Waals surface area (Å²) < 4.78 is 18.3. The Hall–Kier alpha value is -1.43. The van der Waals surface area contributed by atoms with Crippen LogP contribution >= 0.6 is 11.8 Å². The van der Waals surface area contributed by atoms with E-state index in [1.165, 1.54) is 24.3 Å². The minimum atomic E-state index is -0.249. The quantitative estimate of drug-likeness (QED) is 0.394. The summed E-state index contributed by atoms with van der Waals surface area (Å²) in [7, 11) is 1.77. The maximum atomic E-state index is 12.7. The molecule has 4 nitrogen and oxygen atoms in total. The zero-order chi connectivity index (χ0) is 16.0. The molecule has 0 heterocycles. The Labute approximate surface area is 136 Å². The lowest BCUT2D eigenvalue weighted by molar-refractivity contribution is 0.310. The Balaban J connectivity index is 2.05. The molecular weight excluding hydrogens is 301 g/mol. The number of guanidine groups is 1. The molecule has 1 aromatic carbocycles. The molecule has 0 fully saturated rings. The molecule has 0 radical (unpaired) electrons. The van der Waals surface area contributed by atoms with Crippen LogP contribution in [0.2, 0.25) is 0 Å². The number of rotatable bonds is 10. The van der Waals surface area contributed by atoms with Gasteiger partial charge in [0.25, 0.3) is 0 Å². The number of nitrogens with one attached hydrogen (secondary N) is 2. The zero-order valence-corrected chi connectivity index (χ0v) is 14.2. The van der Waals surface area contributed by atoms with Crippen molar-refractivity contribution in [2.45, 2.75) is 19.3 Å². The SMILES string of the molecule is CN=C(NCCCCSC)NCCCOc1ccc(F)cc1. The van der Waals surface area contributed by atoms with Gasteiger partial charge < -0.3 is 15.4 Å². The van der Waals surface area contributed by atoms with Crippen molar-refractivity contribution in [3.8, 4) is 5.75 Å². The molecule has 0 aliphatic rings. The van der Waals surface area contributed by atoms with Gasteiger partial charge in [-0.15, -0.1) is 0 Å². The highest BCUT2D eigenvalue weighted by atomic mass is 32.2. The molecular formula is C16H26FN3OS. The van der Waals surface area contributed by atoms with E-state index in [0.29, 0.717) is 12.4 Å². The smallest absolute Gasteiger partial charge is 0.190 e. The number of hydrogen-bond donors (Lipinski definition) is 2. The van der Waals surface area contributed by atoms with Gasteiger partial charge in [-0.3, -0.25) is 4.99 Å². The van der Waals surface area contributed by atoms with Crippen LogP contribution in [0.4, 0.5) is 4.39 Å². The third-order valence-corrected chi connectivity index (χ3v) is 3.68. The Kier molecular flexibility index (Phi) is 10.3. The lowest BCUT2D eigenvalue weighted by Gasteiger charge is -2.12. The van der Waals surface area contributed by atoms with Crippen molar-refractivity contribution >= 4 is 17.7 Å². The Morgan fingerprint density at radius 3 is 2.45 bits per heavy atom. The molecule has 0 aliphatic carbocycles. The second kappa shape index (κ2) is 12.1. The summed E-state index contributed by atoms with van der Waals surface area (Å²) in [4.78, 5) is 4.18. The van der Waals surface area contributed by atoms with Crippen LogP contribution in [-0.2, 0) is 0 Å². The summed E-state index contributed by atoms with van der Waals surface area (Å²) >= 11 is 1.88.